The molecule has 1 N–H and O–H groups in total. The molecule has 0 radical (unpaired) electrons. The van der Waals surface area contributed by atoms with Crippen molar-refractivity contribution in [2.75, 3.05) is 6.54 Å². The zero-order chi connectivity index (χ0) is 14.7. The topological polar surface area (TPSA) is 12.0 Å². The van der Waals surface area contributed by atoms with Crippen LogP contribution in [0.1, 0.15) is 40.3 Å². The Hall–Kier alpha value is -0.350. The van der Waals surface area contributed by atoms with E-state index < -0.39 is 0 Å². The number of halogens is 2. The lowest BCUT2D eigenvalue weighted by Crippen LogP contribution is -2.22. The van der Waals surface area contributed by atoms with Gasteiger partial charge in [0.25, 0.3) is 0 Å². The highest BCUT2D eigenvalue weighted by Gasteiger charge is 2.17. The maximum atomic E-state index is 6.14. The lowest BCUT2D eigenvalue weighted by atomic mass is 10.0. The third-order valence-electron chi connectivity index (χ3n) is 3.27. The minimum absolute atomic E-state index is 0.237. The van der Waals surface area contributed by atoms with E-state index in [9.17, 15) is 0 Å². The number of nitrogens with one attached hydrogen (secondary N) is 1. The summed E-state index contributed by atoms with van der Waals surface area (Å²) in [5, 5.41) is 4.46. The Morgan fingerprint density at radius 1 is 1.30 bits per heavy atom. The third-order valence-corrected chi connectivity index (χ3v) is 5.90. The van der Waals surface area contributed by atoms with Gasteiger partial charge in [-0.3, -0.25) is 0 Å². The minimum Gasteiger partial charge on any atom is -0.306 e. The molecule has 0 spiro atoms. The molecule has 0 aliphatic rings. The van der Waals surface area contributed by atoms with Crippen molar-refractivity contribution in [2.24, 2.45) is 0 Å². The molecule has 1 aromatic heterocycles. The molecule has 1 nitrogen and oxygen atoms in total. The van der Waals surface area contributed by atoms with Crippen molar-refractivity contribution in [1.82, 2.24) is 5.32 Å². The molecule has 1 unspecified atom stereocenters. The molecule has 1 atom stereocenters. The number of aryl methyl sites for hydroxylation is 2. The molecule has 2 rings (SSSR count). The SMILES string of the molecule is CCCNC(c1ccc(Cl)c(C)c1)c1cc(Br)c(C)s1. The molecule has 0 saturated carbocycles. The van der Waals surface area contributed by atoms with Crippen LogP contribution in [0.3, 0.4) is 0 Å². The Labute approximate surface area is 138 Å². The van der Waals surface area contributed by atoms with Crippen molar-refractivity contribution in [2.45, 2.75) is 33.2 Å². The molecular formula is C16H19BrClNS. The van der Waals surface area contributed by atoms with Gasteiger partial charge in [-0.2, -0.15) is 0 Å². The van der Waals surface area contributed by atoms with Crippen LogP contribution >= 0.6 is 38.9 Å². The first kappa shape index (κ1) is 16.0. The van der Waals surface area contributed by atoms with Gasteiger partial charge in [-0.1, -0.05) is 30.7 Å². The second-order valence-electron chi connectivity index (χ2n) is 4.95. The molecule has 0 saturated heterocycles. The molecule has 0 aliphatic heterocycles. The van der Waals surface area contributed by atoms with E-state index in [0.29, 0.717) is 0 Å². The number of hydrogen-bond acceptors (Lipinski definition) is 2. The summed E-state index contributed by atoms with van der Waals surface area (Å²) in [7, 11) is 0. The van der Waals surface area contributed by atoms with Gasteiger partial charge in [-0.15, -0.1) is 11.3 Å². The van der Waals surface area contributed by atoms with Crippen LogP contribution in [0.25, 0.3) is 0 Å². The van der Waals surface area contributed by atoms with Crippen LogP contribution < -0.4 is 5.32 Å². The summed E-state index contributed by atoms with van der Waals surface area (Å²) < 4.78 is 1.19. The van der Waals surface area contributed by atoms with Gasteiger partial charge in [0.05, 0.1) is 6.04 Å². The highest BCUT2D eigenvalue weighted by Crippen LogP contribution is 2.34. The average molecular weight is 373 g/mol. The molecule has 20 heavy (non-hydrogen) atoms. The summed E-state index contributed by atoms with van der Waals surface area (Å²) in [5.41, 5.74) is 2.40. The highest BCUT2D eigenvalue weighted by molar-refractivity contribution is 9.10. The molecule has 0 amide bonds. The Bertz CT molecular complexity index is 575. The van der Waals surface area contributed by atoms with Gasteiger partial charge in [-0.25, -0.2) is 0 Å². The largest absolute Gasteiger partial charge is 0.306 e. The first-order valence-corrected chi connectivity index (χ1v) is 8.77. The summed E-state index contributed by atoms with van der Waals surface area (Å²) in [6.07, 6.45) is 1.12. The average Bonchev–Trinajstić information content (AvgIpc) is 2.74. The summed E-state index contributed by atoms with van der Waals surface area (Å²) >= 11 is 11.6. The number of rotatable bonds is 5. The predicted molar refractivity (Wildman–Crippen MR) is 93.1 cm³/mol. The second kappa shape index (κ2) is 7.08. The second-order valence-corrected chi connectivity index (χ2v) is 7.50. The highest BCUT2D eigenvalue weighted by atomic mass is 79.9. The van der Waals surface area contributed by atoms with Crippen LogP contribution in [0.15, 0.2) is 28.7 Å². The fourth-order valence-electron chi connectivity index (χ4n) is 2.14. The zero-order valence-corrected chi connectivity index (χ0v) is 15.1. The Morgan fingerprint density at radius 2 is 2.05 bits per heavy atom. The molecule has 108 valence electrons. The maximum Gasteiger partial charge on any atom is 0.0671 e. The van der Waals surface area contributed by atoms with Crippen molar-refractivity contribution in [1.29, 1.82) is 0 Å². The zero-order valence-electron chi connectivity index (χ0n) is 12.0. The Balaban J connectivity index is 2.38. The molecule has 1 heterocycles. The first-order chi connectivity index (χ1) is 9.52. The maximum absolute atomic E-state index is 6.14. The monoisotopic (exact) mass is 371 g/mol. The molecule has 4 heteroatoms. The molecule has 1 aromatic carbocycles. The number of thiophene rings is 1. The quantitative estimate of drug-likeness (QED) is 0.692. The van der Waals surface area contributed by atoms with Crippen LogP contribution in [0.5, 0.6) is 0 Å². The molecule has 0 aliphatic carbocycles. The van der Waals surface area contributed by atoms with Crippen molar-refractivity contribution < 1.29 is 0 Å². The minimum atomic E-state index is 0.237. The van der Waals surface area contributed by atoms with Gasteiger partial charge in [0.1, 0.15) is 0 Å². The fraction of sp³-hybridized carbons (Fsp3) is 0.375. The fourth-order valence-corrected chi connectivity index (χ4v) is 3.93. The van der Waals surface area contributed by atoms with E-state index in [1.54, 1.807) is 0 Å². The van der Waals surface area contributed by atoms with Crippen LogP contribution in [-0.2, 0) is 0 Å². The summed E-state index contributed by atoms with van der Waals surface area (Å²) in [6, 6.07) is 8.74. The lowest BCUT2D eigenvalue weighted by molar-refractivity contribution is 0.605. The van der Waals surface area contributed by atoms with E-state index in [0.717, 1.165) is 23.6 Å². The first-order valence-electron chi connectivity index (χ1n) is 6.78. The van der Waals surface area contributed by atoms with Crippen molar-refractivity contribution in [3.8, 4) is 0 Å². The Morgan fingerprint density at radius 3 is 2.60 bits per heavy atom. The van der Waals surface area contributed by atoms with Crippen molar-refractivity contribution in [3.63, 3.8) is 0 Å². The standard InChI is InChI=1S/C16H19BrClNS/c1-4-7-19-16(15-9-13(17)11(3)20-15)12-5-6-14(18)10(2)8-12/h5-6,8-9,16,19H,4,7H2,1-3H3. The van der Waals surface area contributed by atoms with E-state index >= 15 is 0 Å². The summed E-state index contributed by atoms with van der Waals surface area (Å²) in [6.45, 7) is 7.38. The molecular weight excluding hydrogens is 354 g/mol. The summed E-state index contributed by atoms with van der Waals surface area (Å²) in [5.74, 6) is 0. The molecule has 0 bridgehead atoms. The van der Waals surface area contributed by atoms with Crippen LogP contribution in [0.2, 0.25) is 5.02 Å². The van der Waals surface area contributed by atoms with Crippen LogP contribution in [0.4, 0.5) is 0 Å². The Kier molecular flexibility index (Phi) is 5.67. The molecule has 2 aromatic rings. The van der Waals surface area contributed by atoms with E-state index in [1.807, 2.05) is 17.4 Å². The summed E-state index contributed by atoms with van der Waals surface area (Å²) in [4.78, 5) is 2.65. The van der Waals surface area contributed by atoms with Crippen LogP contribution in [0, 0.1) is 13.8 Å². The predicted octanol–water partition coefficient (Wildman–Crippen LogP) is 5.87. The van der Waals surface area contributed by atoms with Crippen LogP contribution in [-0.4, -0.2) is 6.54 Å². The van der Waals surface area contributed by atoms with E-state index in [1.165, 1.54) is 19.8 Å². The van der Waals surface area contributed by atoms with Gasteiger partial charge in [-0.05, 0) is 66.0 Å². The van der Waals surface area contributed by atoms with Gasteiger partial charge in [0.15, 0.2) is 0 Å². The van der Waals surface area contributed by atoms with Gasteiger partial charge in [0.2, 0.25) is 0 Å². The van der Waals surface area contributed by atoms with Gasteiger partial charge in [0, 0.05) is 19.2 Å². The smallest absolute Gasteiger partial charge is 0.0671 e. The molecule has 0 fully saturated rings. The van der Waals surface area contributed by atoms with Gasteiger partial charge >= 0.3 is 0 Å². The van der Waals surface area contributed by atoms with E-state index in [-0.39, 0.29) is 6.04 Å². The number of benzene rings is 1. The van der Waals surface area contributed by atoms with E-state index in [2.05, 4.69) is 60.2 Å². The van der Waals surface area contributed by atoms with Crippen molar-refractivity contribution >= 4 is 38.9 Å². The van der Waals surface area contributed by atoms with E-state index in [4.69, 9.17) is 11.6 Å². The van der Waals surface area contributed by atoms with Crippen molar-refractivity contribution in [3.05, 3.63) is 54.6 Å². The normalized spacial score (nSPS) is 12.7. The number of hydrogen-bond donors (Lipinski definition) is 1. The van der Waals surface area contributed by atoms with Gasteiger partial charge < -0.3 is 5.32 Å². The third kappa shape index (κ3) is 3.64. The lowest BCUT2D eigenvalue weighted by Gasteiger charge is -2.18.